The first-order chi connectivity index (χ1) is 17.5. The number of nitrogens with zero attached hydrogens (tertiary/aromatic N) is 3. The lowest BCUT2D eigenvalue weighted by Crippen LogP contribution is -2.59. The van der Waals surface area contributed by atoms with E-state index in [2.05, 4.69) is 52.9 Å². The van der Waals surface area contributed by atoms with Gasteiger partial charge in [0.15, 0.2) is 0 Å². The zero-order valence-corrected chi connectivity index (χ0v) is 21.0. The van der Waals surface area contributed by atoms with E-state index in [0.717, 1.165) is 30.5 Å². The van der Waals surface area contributed by atoms with Crippen molar-refractivity contribution in [3.8, 4) is 11.1 Å². The second-order valence-corrected chi connectivity index (χ2v) is 10.2. The Morgan fingerprint density at radius 3 is 2.72 bits per heavy atom. The molecule has 0 unspecified atom stereocenters. The minimum atomic E-state index is -0.438. The average molecular weight is 482 g/mol. The molecule has 0 spiro atoms. The molecule has 1 saturated heterocycles. The molecule has 0 bridgehead atoms. The summed E-state index contributed by atoms with van der Waals surface area (Å²) in [4.78, 5) is 19.7. The van der Waals surface area contributed by atoms with Crippen LogP contribution in [0, 0.1) is 5.92 Å². The molecule has 0 saturated carbocycles. The second kappa shape index (κ2) is 8.87. The number of carbonyl (C=O) groups excluding carboxylic acids is 1. The molecule has 0 amide bonds. The SMILES string of the molecule is CO[C@]12C[C@@H](COC(=O)c3cncc(-c4ccccc4)c3)CN(C)[C@@H]1Cc1cn(C)c3cccc2c13. The Bertz CT molecular complexity index is 1430. The van der Waals surface area contributed by atoms with Crippen molar-refractivity contribution < 1.29 is 14.3 Å². The maximum Gasteiger partial charge on any atom is 0.339 e. The molecular weight excluding hydrogens is 450 g/mol. The molecule has 1 aliphatic heterocycles. The quantitative estimate of drug-likeness (QED) is 0.383. The number of pyridine rings is 1. The second-order valence-electron chi connectivity index (χ2n) is 10.2. The molecule has 0 radical (unpaired) electrons. The van der Waals surface area contributed by atoms with Gasteiger partial charge < -0.3 is 14.0 Å². The van der Waals surface area contributed by atoms with Crippen LogP contribution in [0.25, 0.3) is 22.0 Å². The highest BCUT2D eigenvalue weighted by atomic mass is 16.5. The van der Waals surface area contributed by atoms with Crippen LogP contribution >= 0.6 is 0 Å². The van der Waals surface area contributed by atoms with Crippen molar-refractivity contribution in [1.29, 1.82) is 0 Å². The van der Waals surface area contributed by atoms with Gasteiger partial charge in [0.05, 0.1) is 12.2 Å². The minimum absolute atomic E-state index is 0.154. The summed E-state index contributed by atoms with van der Waals surface area (Å²) in [5.41, 5.74) is 5.81. The molecule has 6 rings (SSSR count). The highest BCUT2D eigenvalue weighted by molar-refractivity contribution is 5.91. The van der Waals surface area contributed by atoms with Crippen LogP contribution in [0.2, 0.25) is 0 Å². The number of fused-ring (bicyclic) bond motifs is 2. The van der Waals surface area contributed by atoms with Crippen LogP contribution in [0.15, 0.2) is 73.2 Å². The van der Waals surface area contributed by atoms with E-state index in [9.17, 15) is 4.79 Å². The van der Waals surface area contributed by atoms with Crippen LogP contribution in [0.3, 0.4) is 0 Å². The summed E-state index contributed by atoms with van der Waals surface area (Å²) in [5, 5.41) is 1.31. The van der Waals surface area contributed by atoms with E-state index in [0.29, 0.717) is 12.2 Å². The van der Waals surface area contributed by atoms with Gasteiger partial charge in [0.2, 0.25) is 0 Å². The number of aromatic nitrogens is 2. The van der Waals surface area contributed by atoms with Crippen molar-refractivity contribution in [3.05, 3.63) is 89.9 Å². The summed E-state index contributed by atoms with van der Waals surface area (Å²) in [6.45, 7) is 1.19. The topological polar surface area (TPSA) is 56.6 Å². The number of methoxy groups -OCH3 is 1. The van der Waals surface area contributed by atoms with Crippen molar-refractivity contribution in [3.63, 3.8) is 0 Å². The summed E-state index contributed by atoms with van der Waals surface area (Å²) in [5.74, 6) is -0.187. The summed E-state index contributed by atoms with van der Waals surface area (Å²) >= 11 is 0. The highest BCUT2D eigenvalue weighted by Crippen LogP contribution is 2.49. The Kier molecular flexibility index (Phi) is 5.66. The smallest absolute Gasteiger partial charge is 0.339 e. The number of likely N-dealkylation sites (N-methyl/N-ethyl adjacent to an activating group) is 1. The number of piperidine rings is 1. The molecule has 6 heteroatoms. The van der Waals surface area contributed by atoms with Gasteiger partial charge in [0.1, 0.15) is 5.60 Å². The molecule has 2 aliphatic rings. The lowest BCUT2D eigenvalue weighted by Gasteiger charge is -2.53. The Morgan fingerprint density at radius 1 is 1.08 bits per heavy atom. The third-order valence-electron chi connectivity index (χ3n) is 8.07. The molecule has 3 heterocycles. The van der Waals surface area contributed by atoms with Gasteiger partial charge in [-0.15, -0.1) is 0 Å². The molecule has 2 aromatic carbocycles. The van der Waals surface area contributed by atoms with Crippen LogP contribution in [0.1, 0.15) is 27.9 Å². The molecule has 3 atom stereocenters. The zero-order valence-electron chi connectivity index (χ0n) is 21.0. The van der Waals surface area contributed by atoms with Crippen LogP contribution in [0.5, 0.6) is 0 Å². The number of hydrogen-bond donors (Lipinski definition) is 0. The standard InChI is InChI=1S/C30H31N3O3/c1-32-18-24-13-27-30(35-3,25-10-7-11-26(32)28(24)25)14-20(17-33(27)2)19-36-29(34)23-12-22(15-31-16-23)21-8-5-4-6-9-21/h4-12,15-16,18,20,27H,13-14,17,19H2,1-3H3/t20-,27-,30+/m1/s1. The van der Waals surface area contributed by atoms with Gasteiger partial charge in [-0.3, -0.25) is 9.88 Å². The number of hydrogen-bond acceptors (Lipinski definition) is 5. The molecule has 2 aromatic heterocycles. The van der Waals surface area contributed by atoms with Gasteiger partial charge in [0, 0.05) is 67.7 Å². The summed E-state index contributed by atoms with van der Waals surface area (Å²) in [6, 6.07) is 18.5. The third-order valence-corrected chi connectivity index (χ3v) is 8.07. The Hall–Kier alpha value is -3.48. The van der Waals surface area contributed by atoms with Crippen LogP contribution in [-0.4, -0.2) is 53.8 Å². The predicted molar refractivity (Wildman–Crippen MR) is 140 cm³/mol. The summed E-state index contributed by atoms with van der Waals surface area (Å²) < 4.78 is 14.5. The van der Waals surface area contributed by atoms with E-state index >= 15 is 0 Å². The van der Waals surface area contributed by atoms with Crippen molar-refractivity contribution in [2.75, 3.05) is 27.3 Å². The highest BCUT2D eigenvalue weighted by Gasteiger charge is 2.51. The maximum absolute atomic E-state index is 13.0. The third kappa shape index (κ3) is 3.64. The average Bonchev–Trinajstić information content (AvgIpc) is 3.24. The molecule has 4 aromatic rings. The van der Waals surface area contributed by atoms with E-state index in [1.165, 1.54) is 22.0 Å². The molecule has 0 N–H and O–H groups in total. The fourth-order valence-electron chi connectivity index (χ4n) is 6.44. The van der Waals surface area contributed by atoms with Gasteiger partial charge in [-0.1, -0.05) is 42.5 Å². The number of benzene rings is 2. The molecule has 36 heavy (non-hydrogen) atoms. The lowest BCUT2D eigenvalue weighted by atomic mass is 9.69. The van der Waals surface area contributed by atoms with Gasteiger partial charge in [-0.2, -0.15) is 0 Å². The Balaban J connectivity index is 1.24. The Labute approximate surface area is 211 Å². The molecule has 6 nitrogen and oxygen atoms in total. The van der Waals surface area contributed by atoms with Crippen molar-refractivity contribution in [2.24, 2.45) is 13.0 Å². The largest absolute Gasteiger partial charge is 0.462 e. The number of carbonyl (C=O) groups is 1. The van der Waals surface area contributed by atoms with E-state index in [1.807, 2.05) is 43.5 Å². The maximum atomic E-state index is 13.0. The van der Waals surface area contributed by atoms with Crippen LogP contribution in [0.4, 0.5) is 0 Å². The Morgan fingerprint density at radius 2 is 1.92 bits per heavy atom. The fraction of sp³-hybridized carbons (Fsp3) is 0.333. The van der Waals surface area contributed by atoms with E-state index in [4.69, 9.17) is 9.47 Å². The molecular formula is C30H31N3O3. The van der Waals surface area contributed by atoms with E-state index < -0.39 is 5.60 Å². The van der Waals surface area contributed by atoms with Gasteiger partial charge >= 0.3 is 5.97 Å². The number of likely N-dealkylation sites (tertiary alicyclic amines) is 1. The lowest BCUT2D eigenvalue weighted by molar-refractivity contribution is -0.131. The molecule has 1 fully saturated rings. The number of rotatable bonds is 5. The number of esters is 1. The van der Waals surface area contributed by atoms with Gasteiger partial charge in [0.25, 0.3) is 0 Å². The van der Waals surface area contributed by atoms with E-state index in [1.54, 1.807) is 12.4 Å². The summed E-state index contributed by atoms with van der Waals surface area (Å²) in [6.07, 6.45) is 7.36. The van der Waals surface area contributed by atoms with Gasteiger partial charge in [-0.05, 0) is 48.7 Å². The van der Waals surface area contributed by atoms with Crippen molar-refractivity contribution >= 4 is 16.9 Å². The number of ether oxygens (including phenoxy) is 2. The first-order valence-corrected chi connectivity index (χ1v) is 12.5. The predicted octanol–water partition coefficient (Wildman–Crippen LogP) is 4.82. The van der Waals surface area contributed by atoms with Crippen LogP contribution in [-0.2, 0) is 28.5 Å². The van der Waals surface area contributed by atoms with Crippen molar-refractivity contribution in [1.82, 2.24) is 14.5 Å². The van der Waals surface area contributed by atoms with Crippen LogP contribution < -0.4 is 0 Å². The number of aryl methyl sites for hydroxylation is 1. The monoisotopic (exact) mass is 481 g/mol. The molecule has 1 aliphatic carbocycles. The van der Waals surface area contributed by atoms with Gasteiger partial charge in [-0.25, -0.2) is 4.79 Å². The van der Waals surface area contributed by atoms with Crippen molar-refractivity contribution in [2.45, 2.75) is 24.5 Å². The zero-order chi connectivity index (χ0) is 24.9. The molecule has 184 valence electrons. The first kappa shape index (κ1) is 23.0. The first-order valence-electron chi connectivity index (χ1n) is 12.5. The minimum Gasteiger partial charge on any atom is -0.462 e. The van der Waals surface area contributed by atoms with E-state index in [-0.39, 0.29) is 17.9 Å². The fourth-order valence-corrected chi connectivity index (χ4v) is 6.44. The summed E-state index contributed by atoms with van der Waals surface area (Å²) in [7, 11) is 6.09. The normalized spacial score (nSPS) is 23.4.